The topological polar surface area (TPSA) is 107 Å². The normalized spacial score (nSPS) is 11.2. The number of hydrogen-bond acceptors (Lipinski definition) is 7. The SMILES string of the molecule is CCOC(=O)C(SS(=O)(=O)O)C(=O)OCC. The molecule has 94 valence electrons. The first-order valence-electron chi connectivity index (χ1n) is 4.30. The zero-order chi connectivity index (χ0) is 12.8. The van der Waals surface area contributed by atoms with Crippen LogP contribution in [0.1, 0.15) is 13.8 Å². The van der Waals surface area contributed by atoms with Gasteiger partial charge in [0.25, 0.3) is 0 Å². The van der Waals surface area contributed by atoms with Crippen LogP contribution in [0.3, 0.4) is 0 Å². The lowest BCUT2D eigenvalue weighted by atomic mass is 10.4. The largest absolute Gasteiger partial charge is 0.465 e. The highest BCUT2D eigenvalue weighted by atomic mass is 33.1. The molecular formula is C7H12O7S2. The Morgan fingerprint density at radius 1 is 1.19 bits per heavy atom. The summed E-state index contributed by atoms with van der Waals surface area (Å²) in [7, 11) is -4.76. The first-order valence-corrected chi connectivity index (χ1v) is 7.14. The highest BCUT2D eigenvalue weighted by Crippen LogP contribution is 2.20. The average Bonchev–Trinajstić information content (AvgIpc) is 2.13. The second-order valence-electron chi connectivity index (χ2n) is 2.41. The molecule has 0 bridgehead atoms. The summed E-state index contributed by atoms with van der Waals surface area (Å²) in [4.78, 5) is 22.4. The molecular weight excluding hydrogens is 260 g/mol. The first-order chi connectivity index (χ1) is 7.31. The fraction of sp³-hybridized carbons (Fsp3) is 0.714. The predicted molar refractivity (Wildman–Crippen MR) is 56.2 cm³/mol. The van der Waals surface area contributed by atoms with Gasteiger partial charge in [-0.15, -0.1) is 0 Å². The van der Waals surface area contributed by atoms with Crippen molar-refractivity contribution in [3.05, 3.63) is 0 Å². The minimum atomic E-state index is -4.54. The third kappa shape index (κ3) is 5.93. The molecule has 0 aliphatic rings. The average molecular weight is 272 g/mol. The molecule has 9 heteroatoms. The second kappa shape index (κ2) is 6.71. The molecule has 0 rings (SSSR count). The van der Waals surface area contributed by atoms with Gasteiger partial charge in [0, 0.05) is 10.8 Å². The van der Waals surface area contributed by atoms with Crippen molar-refractivity contribution in [1.82, 2.24) is 0 Å². The molecule has 0 fully saturated rings. The van der Waals surface area contributed by atoms with Crippen LogP contribution in [-0.2, 0) is 28.2 Å². The number of carbonyl (C=O) groups is 2. The van der Waals surface area contributed by atoms with Gasteiger partial charge < -0.3 is 9.47 Å². The summed E-state index contributed by atoms with van der Waals surface area (Å²) in [5.74, 6) is -2.13. The molecule has 0 heterocycles. The van der Waals surface area contributed by atoms with E-state index in [1.807, 2.05) is 0 Å². The van der Waals surface area contributed by atoms with E-state index in [1.165, 1.54) is 13.8 Å². The molecule has 1 N–H and O–H groups in total. The van der Waals surface area contributed by atoms with Crippen molar-refractivity contribution in [3.63, 3.8) is 0 Å². The molecule has 0 atom stereocenters. The van der Waals surface area contributed by atoms with Gasteiger partial charge in [-0.3, -0.25) is 14.1 Å². The van der Waals surface area contributed by atoms with E-state index in [2.05, 4.69) is 9.47 Å². The smallest absolute Gasteiger partial charge is 0.331 e. The number of carbonyl (C=O) groups excluding carboxylic acids is 2. The van der Waals surface area contributed by atoms with Crippen molar-refractivity contribution < 1.29 is 32.0 Å². The fourth-order valence-corrected chi connectivity index (χ4v) is 2.47. The molecule has 0 aliphatic carbocycles. The number of ether oxygens (including phenoxy) is 2. The second-order valence-corrected chi connectivity index (χ2v) is 5.77. The van der Waals surface area contributed by atoms with Crippen LogP contribution in [-0.4, -0.2) is 43.4 Å². The van der Waals surface area contributed by atoms with E-state index < -0.39 is 26.3 Å². The van der Waals surface area contributed by atoms with Gasteiger partial charge in [-0.05, 0) is 13.8 Å². The molecule has 0 amide bonds. The van der Waals surface area contributed by atoms with Crippen LogP contribution in [0.25, 0.3) is 0 Å². The van der Waals surface area contributed by atoms with Crippen molar-refractivity contribution in [2.24, 2.45) is 0 Å². The lowest BCUT2D eigenvalue weighted by Gasteiger charge is -2.11. The zero-order valence-electron chi connectivity index (χ0n) is 8.70. The molecule has 0 aliphatic heterocycles. The third-order valence-electron chi connectivity index (χ3n) is 1.22. The van der Waals surface area contributed by atoms with Gasteiger partial charge in [0.05, 0.1) is 13.2 Å². The van der Waals surface area contributed by atoms with Gasteiger partial charge in [0.1, 0.15) is 0 Å². The monoisotopic (exact) mass is 272 g/mol. The van der Waals surface area contributed by atoms with Gasteiger partial charge in [0.2, 0.25) is 5.25 Å². The molecule has 0 aromatic rings. The summed E-state index contributed by atoms with van der Waals surface area (Å²) in [5.41, 5.74) is 0. The lowest BCUT2D eigenvalue weighted by Crippen LogP contribution is -2.32. The van der Waals surface area contributed by atoms with E-state index in [-0.39, 0.29) is 24.0 Å². The Morgan fingerprint density at radius 2 is 1.56 bits per heavy atom. The van der Waals surface area contributed by atoms with Gasteiger partial charge in [-0.25, -0.2) is 0 Å². The lowest BCUT2D eigenvalue weighted by molar-refractivity contribution is -0.152. The quantitative estimate of drug-likeness (QED) is 0.312. The van der Waals surface area contributed by atoms with Crippen LogP contribution in [0.4, 0.5) is 0 Å². The van der Waals surface area contributed by atoms with E-state index >= 15 is 0 Å². The Labute approximate surface area is 96.6 Å². The van der Waals surface area contributed by atoms with Crippen molar-refractivity contribution in [3.8, 4) is 0 Å². The Morgan fingerprint density at radius 3 is 1.81 bits per heavy atom. The maximum atomic E-state index is 11.2. The van der Waals surface area contributed by atoms with Crippen LogP contribution in [0, 0.1) is 0 Å². The number of rotatable bonds is 6. The summed E-state index contributed by atoms with van der Waals surface area (Å²) in [6.07, 6.45) is 0. The van der Waals surface area contributed by atoms with Crippen LogP contribution in [0.5, 0.6) is 0 Å². The van der Waals surface area contributed by atoms with Crippen molar-refractivity contribution >= 4 is 31.9 Å². The summed E-state index contributed by atoms with van der Waals surface area (Å²) in [6.45, 7) is 2.97. The standard InChI is InChI=1S/C7H12O7S2/c1-3-13-6(8)5(7(9)14-4-2)15-16(10,11)12/h5H,3-4H2,1-2H3,(H,10,11,12). The molecule has 0 aromatic carbocycles. The minimum absolute atomic E-state index is 0.0131. The molecule has 0 saturated carbocycles. The number of hydrogen-bond donors (Lipinski definition) is 1. The maximum Gasteiger partial charge on any atom is 0.331 e. The van der Waals surface area contributed by atoms with Crippen LogP contribution < -0.4 is 0 Å². The van der Waals surface area contributed by atoms with Crippen molar-refractivity contribution in [2.45, 2.75) is 19.1 Å². The van der Waals surface area contributed by atoms with Gasteiger partial charge >= 0.3 is 21.1 Å². The zero-order valence-corrected chi connectivity index (χ0v) is 10.3. The van der Waals surface area contributed by atoms with Gasteiger partial charge in [-0.2, -0.15) is 8.42 Å². The Hall–Kier alpha value is -0.800. The Kier molecular flexibility index (Phi) is 6.38. The van der Waals surface area contributed by atoms with Gasteiger partial charge in [-0.1, -0.05) is 0 Å². The van der Waals surface area contributed by atoms with Crippen molar-refractivity contribution in [2.75, 3.05) is 13.2 Å². The van der Waals surface area contributed by atoms with E-state index in [4.69, 9.17) is 4.55 Å². The fourth-order valence-electron chi connectivity index (χ4n) is 0.732. The summed E-state index contributed by atoms with van der Waals surface area (Å²) in [5, 5.41) is -1.73. The van der Waals surface area contributed by atoms with Crippen LogP contribution in [0.2, 0.25) is 0 Å². The molecule has 7 nitrogen and oxygen atoms in total. The van der Waals surface area contributed by atoms with E-state index in [0.717, 1.165) is 0 Å². The van der Waals surface area contributed by atoms with Crippen LogP contribution >= 0.6 is 10.8 Å². The molecule has 0 spiro atoms. The summed E-state index contributed by atoms with van der Waals surface area (Å²) >= 11 is 0. The Balaban J connectivity index is 4.76. The first kappa shape index (κ1) is 15.2. The molecule has 0 aromatic heterocycles. The van der Waals surface area contributed by atoms with E-state index in [1.54, 1.807) is 0 Å². The maximum absolute atomic E-state index is 11.2. The molecule has 16 heavy (non-hydrogen) atoms. The minimum Gasteiger partial charge on any atom is -0.465 e. The van der Waals surface area contributed by atoms with Crippen LogP contribution in [0.15, 0.2) is 0 Å². The Bertz CT molecular complexity index is 330. The summed E-state index contributed by atoms with van der Waals surface area (Å²) in [6, 6.07) is 0. The van der Waals surface area contributed by atoms with E-state index in [0.29, 0.717) is 0 Å². The van der Waals surface area contributed by atoms with E-state index in [9.17, 15) is 18.0 Å². The highest BCUT2D eigenvalue weighted by Gasteiger charge is 2.35. The highest BCUT2D eigenvalue weighted by molar-refractivity contribution is 8.70. The molecule has 0 unspecified atom stereocenters. The summed E-state index contributed by atoms with van der Waals surface area (Å²) < 4.78 is 38.6. The predicted octanol–water partition coefficient (Wildman–Crippen LogP) is 0.0172. The third-order valence-corrected chi connectivity index (χ3v) is 3.35. The molecule has 0 radical (unpaired) electrons. The number of esters is 2. The van der Waals surface area contributed by atoms with Crippen molar-refractivity contribution in [1.29, 1.82) is 0 Å². The van der Waals surface area contributed by atoms with Gasteiger partial charge in [0.15, 0.2) is 0 Å². The molecule has 0 saturated heterocycles.